The Kier molecular flexibility index (Phi) is 5.41. The Morgan fingerprint density at radius 3 is 2.59 bits per heavy atom. The van der Waals surface area contributed by atoms with E-state index in [1.165, 1.54) is 0 Å². The molecule has 98 valence electrons. The summed E-state index contributed by atoms with van der Waals surface area (Å²) in [6, 6.07) is 0. The highest BCUT2D eigenvalue weighted by Gasteiger charge is 2.25. The summed E-state index contributed by atoms with van der Waals surface area (Å²) in [5.74, 6) is -1.59. The Labute approximate surface area is 102 Å². The van der Waals surface area contributed by atoms with Crippen molar-refractivity contribution in [1.82, 2.24) is 5.32 Å². The molecule has 0 aliphatic carbocycles. The van der Waals surface area contributed by atoms with E-state index in [9.17, 15) is 9.59 Å². The molecule has 0 radical (unpaired) electrons. The second-order valence-electron chi connectivity index (χ2n) is 4.79. The zero-order valence-corrected chi connectivity index (χ0v) is 10.4. The average molecular weight is 243 g/mol. The fourth-order valence-electron chi connectivity index (χ4n) is 1.88. The van der Waals surface area contributed by atoms with Gasteiger partial charge >= 0.3 is 5.97 Å². The molecule has 0 aromatic heterocycles. The van der Waals surface area contributed by atoms with Gasteiger partial charge in [0.1, 0.15) is 6.10 Å². The van der Waals surface area contributed by atoms with Gasteiger partial charge in [0.25, 0.3) is 0 Å². The molecule has 1 amide bonds. The standard InChI is InChI=1S/C12H21NO4/c1-8(2)9(12(15)16)7-13-11(14)10-5-3-4-6-17-10/h8-10H,3-7H2,1-2H3,(H,13,14)(H,15,16). The molecule has 2 unspecified atom stereocenters. The van der Waals surface area contributed by atoms with Gasteiger partial charge in [0, 0.05) is 13.2 Å². The first-order valence-corrected chi connectivity index (χ1v) is 6.14. The topological polar surface area (TPSA) is 75.6 Å². The second kappa shape index (κ2) is 6.59. The van der Waals surface area contributed by atoms with Gasteiger partial charge in [0.15, 0.2) is 0 Å². The molecule has 1 heterocycles. The minimum Gasteiger partial charge on any atom is -0.481 e. The van der Waals surface area contributed by atoms with E-state index < -0.39 is 18.0 Å². The fourth-order valence-corrected chi connectivity index (χ4v) is 1.88. The average Bonchev–Trinajstić information content (AvgIpc) is 2.29. The number of carbonyl (C=O) groups is 2. The Morgan fingerprint density at radius 2 is 2.12 bits per heavy atom. The van der Waals surface area contributed by atoms with Crippen LogP contribution in [0.15, 0.2) is 0 Å². The van der Waals surface area contributed by atoms with Crippen LogP contribution in [0, 0.1) is 11.8 Å². The molecule has 0 spiro atoms. The second-order valence-corrected chi connectivity index (χ2v) is 4.79. The van der Waals surface area contributed by atoms with Crippen molar-refractivity contribution in [3.8, 4) is 0 Å². The molecule has 0 aromatic rings. The third kappa shape index (κ3) is 4.34. The van der Waals surface area contributed by atoms with Crippen molar-refractivity contribution in [2.24, 2.45) is 11.8 Å². The van der Waals surface area contributed by atoms with Gasteiger partial charge in [-0.1, -0.05) is 13.8 Å². The van der Waals surface area contributed by atoms with Crippen molar-refractivity contribution >= 4 is 11.9 Å². The highest BCUT2D eigenvalue weighted by Crippen LogP contribution is 2.14. The van der Waals surface area contributed by atoms with Gasteiger partial charge in [-0.15, -0.1) is 0 Å². The Morgan fingerprint density at radius 1 is 1.41 bits per heavy atom. The summed E-state index contributed by atoms with van der Waals surface area (Å²) in [5, 5.41) is 11.7. The Balaban J connectivity index is 2.37. The van der Waals surface area contributed by atoms with E-state index in [2.05, 4.69) is 5.32 Å². The van der Waals surface area contributed by atoms with Gasteiger partial charge in [-0.2, -0.15) is 0 Å². The highest BCUT2D eigenvalue weighted by molar-refractivity contribution is 5.81. The van der Waals surface area contributed by atoms with Crippen LogP contribution in [-0.2, 0) is 14.3 Å². The maximum absolute atomic E-state index is 11.7. The summed E-state index contributed by atoms with van der Waals surface area (Å²) in [5.41, 5.74) is 0. The first-order chi connectivity index (χ1) is 8.02. The number of amides is 1. The van der Waals surface area contributed by atoms with Crippen LogP contribution >= 0.6 is 0 Å². The molecule has 5 heteroatoms. The van der Waals surface area contributed by atoms with E-state index >= 15 is 0 Å². The largest absolute Gasteiger partial charge is 0.481 e. The monoisotopic (exact) mass is 243 g/mol. The van der Waals surface area contributed by atoms with Crippen LogP contribution in [0.4, 0.5) is 0 Å². The number of carboxylic acids is 1. The van der Waals surface area contributed by atoms with E-state index in [-0.39, 0.29) is 18.4 Å². The van der Waals surface area contributed by atoms with Crippen LogP contribution in [0.3, 0.4) is 0 Å². The minimum absolute atomic E-state index is 0.0000687. The van der Waals surface area contributed by atoms with E-state index in [4.69, 9.17) is 9.84 Å². The number of ether oxygens (including phenoxy) is 1. The Hall–Kier alpha value is -1.10. The molecule has 0 saturated carbocycles. The summed E-state index contributed by atoms with van der Waals surface area (Å²) in [6.07, 6.45) is 2.31. The van der Waals surface area contributed by atoms with Crippen molar-refractivity contribution in [3.63, 3.8) is 0 Å². The number of aliphatic carboxylic acids is 1. The predicted octanol–water partition coefficient (Wildman–Crippen LogP) is 1.03. The first kappa shape index (κ1) is 14.0. The van der Waals surface area contributed by atoms with Gasteiger partial charge in [0.05, 0.1) is 5.92 Å². The lowest BCUT2D eigenvalue weighted by Crippen LogP contribution is -2.42. The highest BCUT2D eigenvalue weighted by atomic mass is 16.5. The third-order valence-corrected chi connectivity index (χ3v) is 3.09. The van der Waals surface area contributed by atoms with Crippen LogP contribution in [0.2, 0.25) is 0 Å². The van der Waals surface area contributed by atoms with Gasteiger partial charge in [-0.25, -0.2) is 0 Å². The maximum Gasteiger partial charge on any atom is 0.308 e. The number of hydrogen-bond donors (Lipinski definition) is 2. The minimum atomic E-state index is -0.870. The quantitative estimate of drug-likeness (QED) is 0.756. The lowest BCUT2D eigenvalue weighted by Gasteiger charge is -2.23. The summed E-state index contributed by atoms with van der Waals surface area (Å²) < 4.78 is 5.33. The molecule has 1 aliphatic rings. The number of carboxylic acid groups (broad SMARTS) is 1. The molecule has 0 bridgehead atoms. The number of rotatable bonds is 5. The number of carbonyl (C=O) groups excluding carboxylic acids is 1. The normalized spacial score (nSPS) is 22.2. The molecule has 0 aromatic carbocycles. The molecular formula is C12H21NO4. The van der Waals surface area contributed by atoms with Gasteiger partial charge in [-0.05, 0) is 25.2 Å². The van der Waals surface area contributed by atoms with E-state index in [0.717, 1.165) is 19.3 Å². The van der Waals surface area contributed by atoms with Crippen LogP contribution < -0.4 is 5.32 Å². The lowest BCUT2D eigenvalue weighted by molar-refractivity contribution is -0.143. The summed E-state index contributed by atoms with van der Waals surface area (Å²) >= 11 is 0. The number of hydrogen-bond acceptors (Lipinski definition) is 3. The van der Waals surface area contributed by atoms with Crippen LogP contribution in [0.1, 0.15) is 33.1 Å². The Bertz CT molecular complexity index is 272. The molecule has 2 atom stereocenters. The van der Waals surface area contributed by atoms with Crippen molar-refractivity contribution in [2.75, 3.05) is 13.2 Å². The summed E-state index contributed by atoms with van der Waals surface area (Å²) in [7, 11) is 0. The van der Waals surface area contributed by atoms with E-state index in [1.807, 2.05) is 13.8 Å². The van der Waals surface area contributed by atoms with Crippen LogP contribution in [0.25, 0.3) is 0 Å². The molecule has 2 N–H and O–H groups in total. The zero-order chi connectivity index (χ0) is 12.8. The molecule has 1 fully saturated rings. The lowest BCUT2D eigenvalue weighted by atomic mass is 9.96. The van der Waals surface area contributed by atoms with E-state index in [0.29, 0.717) is 6.61 Å². The fraction of sp³-hybridized carbons (Fsp3) is 0.833. The van der Waals surface area contributed by atoms with Crippen LogP contribution in [0.5, 0.6) is 0 Å². The summed E-state index contributed by atoms with van der Waals surface area (Å²) in [6.45, 7) is 4.46. The molecule has 5 nitrogen and oxygen atoms in total. The van der Waals surface area contributed by atoms with Crippen molar-refractivity contribution in [3.05, 3.63) is 0 Å². The summed E-state index contributed by atoms with van der Waals surface area (Å²) in [4.78, 5) is 22.7. The molecular weight excluding hydrogens is 222 g/mol. The molecule has 1 rings (SSSR count). The first-order valence-electron chi connectivity index (χ1n) is 6.14. The molecule has 1 saturated heterocycles. The van der Waals surface area contributed by atoms with Gasteiger partial charge < -0.3 is 15.2 Å². The van der Waals surface area contributed by atoms with E-state index in [1.54, 1.807) is 0 Å². The zero-order valence-electron chi connectivity index (χ0n) is 10.4. The van der Waals surface area contributed by atoms with Crippen molar-refractivity contribution in [1.29, 1.82) is 0 Å². The van der Waals surface area contributed by atoms with Crippen LogP contribution in [-0.4, -0.2) is 36.2 Å². The number of nitrogens with one attached hydrogen (secondary N) is 1. The maximum atomic E-state index is 11.7. The molecule has 17 heavy (non-hydrogen) atoms. The molecule has 1 aliphatic heterocycles. The third-order valence-electron chi connectivity index (χ3n) is 3.09. The van der Waals surface area contributed by atoms with Gasteiger partial charge in [-0.3, -0.25) is 9.59 Å². The van der Waals surface area contributed by atoms with Crippen molar-refractivity contribution < 1.29 is 19.4 Å². The SMILES string of the molecule is CC(C)C(CNC(=O)C1CCCCO1)C(=O)O. The predicted molar refractivity (Wildman–Crippen MR) is 62.6 cm³/mol. The van der Waals surface area contributed by atoms with Gasteiger partial charge in [0.2, 0.25) is 5.91 Å². The van der Waals surface area contributed by atoms with Crippen molar-refractivity contribution in [2.45, 2.75) is 39.2 Å². The smallest absolute Gasteiger partial charge is 0.308 e.